The van der Waals surface area contributed by atoms with Crippen LogP contribution in [0.4, 0.5) is 5.69 Å². The lowest BCUT2D eigenvalue weighted by molar-refractivity contribution is -0.137. The van der Waals surface area contributed by atoms with E-state index in [1.54, 1.807) is 57.2 Å². The van der Waals surface area contributed by atoms with Gasteiger partial charge in [-0.2, -0.15) is 0 Å². The first kappa shape index (κ1) is 32.7. The Labute approximate surface area is 289 Å². The molecule has 2 atom stereocenters. The lowest BCUT2D eigenvalue weighted by Gasteiger charge is -2.24. The van der Waals surface area contributed by atoms with Crippen LogP contribution in [0.15, 0.2) is 108 Å². The second-order valence-corrected chi connectivity index (χ2v) is 12.9. The van der Waals surface area contributed by atoms with Gasteiger partial charge in [0, 0.05) is 42.9 Å². The van der Waals surface area contributed by atoms with Gasteiger partial charge in [-0.15, -0.1) is 0 Å². The van der Waals surface area contributed by atoms with Crippen LogP contribution >= 0.6 is 0 Å². The van der Waals surface area contributed by atoms with E-state index in [-0.39, 0.29) is 54.1 Å². The summed E-state index contributed by atoms with van der Waals surface area (Å²) in [4.78, 5) is 73.8. The molecule has 7 rings (SSSR count). The summed E-state index contributed by atoms with van der Waals surface area (Å²) in [6.07, 6.45) is 8.20. The summed E-state index contributed by atoms with van der Waals surface area (Å²) >= 11 is 0. The highest BCUT2D eigenvalue weighted by atomic mass is 16.2. The van der Waals surface area contributed by atoms with Crippen LogP contribution in [-0.4, -0.2) is 72.6 Å². The number of amides is 3. The van der Waals surface area contributed by atoms with E-state index in [4.69, 9.17) is 0 Å². The Morgan fingerprint density at radius 1 is 0.720 bits per heavy atom. The van der Waals surface area contributed by atoms with Crippen molar-refractivity contribution >= 4 is 29.2 Å². The largest absolute Gasteiger partial charge is 0.342 e. The van der Waals surface area contributed by atoms with Crippen LogP contribution in [-0.2, 0) is 38.6 Å². The minimum atomic E-state index is -0.539. The van der Waals surface area contributed by atoms with Gasteiger partial charge in [-0.25, -0.2) is 4.98 Å². The third kappa shape index (κ3) is 6.98. The molecule has 4 aliphatic rings. The third-order valence-electron chi connectivity index (χ3n) is 9.56. The molecule has 0 spiro atoms. The number of aromatic nitrogens is 3. The highest BCUT2D eigenvalue weighted by Crippen LogP contribution is 2.24. The van der Waals surface area contributed by atoms with Crippen LogP contribution in [0.5, 0.6) is 0 Å². The number of nitrogens with zero attached hydrogens (tertiary/aromatic N) is 5. The normalized spacial score (nSPS) is 17.3. The molecule has 0 bridgehead atoms. The van der Waals surface area contributed by atoms with E-state index in [2.05, 4.69) is 10.3 Å². The smallest absolute Gasteiger partial charge is 0.282 e. The molecule has 11 nitrogen and oxygen atoms in total. The van der Waals surface area contributed by atoms with E-state index in [9.17, 15) is 24.0 Å². The molecule has 0 unspecified atom stereocenters. The Hall–Kier alpha value is -5.84. The second-order valence-electron chi connectivity index (χ2n) is 12.9. The minimum Gasteiger partial charge on any atom is -0.342 e. The van der Waals surface area contributed by atoms with Gasteiger partial charge < -0.3 is 19.7 Å². The fraction of sp³-hybridized carbons (Fsp3) is 0.282. The summed E-state index contributed by atoms with van der Waals surface area (Å²) in [6.45, 7) is 1.16. The molecule has 0 aromatic heterocycles. The number of nitrogens with one attached hydrogen (secondary N) is 1. The van der Waals surface area contributed by atoms with E-state index < -0.39 is 12.1 Å². The zero-order valence-electron chi connectivity index (χ0n) is 27.6. The minimum absolute atomic E-state index is 0.0529. The highest BCUT2D eigenvalue weighted by Gasteiger charge is 2.35. The third-order valence-corrected chi connectivity index (χ3v) is 9.56. The highest BCUT2D eigenvalue weighted by molar-refractivity contribution is 5.98. The number of likely N-dealkylation sites (tertiary alicyclic amines) is 2. The molecule has 0 saturated carbocycles. The Kier molecular flexibility index (Phi) is 9.37. The summed E-state index contributed by atoms with van der Waals surface area (Å²) in [7, 11) is 0. The molecule has 4 heterocycles. The lowest BCUT2D eigenvalue weighted by atomic mass is 10.1. The predicted molar refractivity (Wildman–Crippen MR) is 188 cm³/mol. The number of hydrogen-bond acceptors (Lipinski definition) is 6. The van der Waals surface area contributed by atoms with Gasteiger partial charge in [0.2, 0.25) is 17.7 Å². The molecule has 0 aliphatic carbocycles. The van der Waals surface area contributed by atoms with Gasteiger partial charge in [0.15, 0.2) is 11.6 Å². The van der Waals surface area contributed by atoms with Crippen molar-refractivity contribution in [2.45, 2.75) is 57.2 Å². The molecule has 2 saturated heterocycles. The Morgan fingerprint density at radius 2 is 1.30 bits per heavy atom. The number of hydrogen-bond donors (Lipinski definition) is 1. The molecule has 0 radical (unpaired) electrons. The molecule has 11 heteroatoms. The quantitative estimate of drug-likeness (QED) is 0.238. The van der Waals surface area contributed by atoms with Crippen LogP contribution in [0.25, 0.3) is 17.1 Å². The maximum atomic E-state index is 13.4. The molecule has 254 valence electrons. The predicted octanol–water partition coefficient (Wildman–Crippen LogP) is 4.11. The first-order valence-corrected chi connectivity index (χ1v) is 17.0. The molecule has 4 aliphatic heterocycles. The van der Waals surface area contributed by atoms with Crippen molar-refractivity contribution in [3.8, 4) is 17.1 Å². The van der Waals surface area contributed by atoms with E-state index in [1.807, 2.05) is 60.7 Å². The molecule has 3 aromatic rings. The summed E-state index contributed by atoms with van der Waals surface area (Å²) in [5.74, 6) is -0.0382. The van der Waals surface area contributed by atoms with Gasteiger partial charge in [-0.05, 0) is 48.9 Å². The molecule has 50 heavy (non-hydrogen) atoms. The lowest BCUT2D eigenvalue weighted by Crippen LogP contribution is -2.43. The van der Waals surface area contributed by atoms with Gasteiger partial charge in [-0.3, -0.25) is 28.5 Å². The number of benzene rings is 3. The Balaban J connectivity index is 0.991. The number of Topliss-reactive ketones (excluding diaryl/α,β-unsaturated/α-hetero) is 1. The fourth-order valence-electron chi connectivity index (χ4n) is 7.00. The molecule has 3 aromatic carbocycles. The molecular formula is C39H38N6O5. The van der Waals surface area contributed by atoms with Gasteiger partial charge in [0.1, 0.15) is 11.7 Å². The van der Waals surface area contributed by atoms with Crippen LogP contribution < -0.4 is 10.9 Å². The molecular weight excluding hydrogens is 632 g/mol. The van der Waals surface area contributed by atoms with Crippen LogP contribution in [0.2, 0.25) is 0 Å². The Bertz CT molecular complexity index is 2040. The monoisotopic (exact) mass is 670 g/mol. The topological polar surface area (TPSA) is 127 Å². The summed E-state index contributed by atoms with van der Waals surface area (Å²) in [5.41, 5.74) is 2.91. The number of fused-ring (bicyclic) bond motifs is 1. The van der Waals surface area contributed by atoms with Crippen molar-refractivity contribution in [2.24, 2.45) is 0 Å². The van der Waals surface area contributed by atoms with Gasteiger partial charge in [0.05, 0.1) is 25.4 Å². The van der Waals surface area contributed by atoms with Crippen molar-refractivity contribution < 1.29 is 19.2 Å². The number of imidazole rings is 1. The van der Waals surface area contributed by atoms with Crippen molar-refractivity contribution in [3.05, 3.63) is 125 Å². The summed E-state index contributed by atoms with van der Waals surface area (Å²) in [6, 6.07) is 24.9. The number of anilines is 1. The number of carbonyl (C=O) groups is 4. The Morgan fingerprint density at radius 3 is 1.92 bits per heavy atom. The van der Waals surface area contributed by atoms with Crippen molar-refractivity contribution in [3.63, 3.8) is 0 Å². The first-order chi connectivity index (χ1) is 24.3. The molecule has 2 fully saturated rings. The van der Waals surface area contributed by atoms with E-state index in [0.29, 0.717) is 43.0 Å². The van der Waals surface area contributed by atoms with Crippen molar-refractivity contribution in [1.29, 1.82) is 0 Å². The van der Waals surface area contributed by atoms with E-state index in [1.165, 1.54) is 4.57 Å². The number of rotatable bonds is 10. The van der Waals surface area contributed by atoms with Gasteiger partial charge >= 0.3 is 0 Å². The summed E-state index contributed by atoms with van der Waals surface area (Å²) < 4.78 is 3.12. The SMILES string of the molecule is O=C(Cn1ccn2c(=O)c(-c3ccc(NC(=O)[C@@H]4CCCN4C(=O)Cc4ccccc4)cc3)nc-2c1)[C@@H]1CCCN1C(=O)Cc1ccccc1. The first-order valence-electron chi connectivity index (χ1n) is 17.0. The summed E-state index contributed by atoms with van der Waals surface area (Å²) in [5, 5.41) is 2.93. The van der Waals surface area contributed by atoms with Crippen LogP contribution in [0, 0.1) is 0 Å². The van der Waals surface area contributed by atoms with Crippen molar-refractivity contribution in [1.82, 2.24) is 23.9 Å². The van der Waals surface area contributed by atoms with E-state index >= 15 is 0 Å². The van der Waals surface area contributed by atoms with Crippen LogP contribution in [0.3, 0.4) is 0 Å². The average Bonchev–Trinajstić information content (AvgIpc) is 3.89. The molecule has 1 N–H and O–H groups in total. The zero-order valence-corrected chi connectivity index (χ0v) is 27.6. The second kappa shape index (κ2) is 14.3. The molecule has 3 amide bonds. The number of carbonyl (C=O) groups excluding carboxylic acids is 4. The fourth-order valence-corrected chi connectivity index (χ4v) is 7.00. The maximum Gasteiger partial charge on any atom is 0.282 e. The van der Waals surface area contributed by atoms with Crippen LogP contribution in [0.1, 0.15) is 36.8 Å². The zero-order chi connectivity index (χ0) is 34.6. The van der Waals surface area contributed by atoms with Gasteiger partial charge in [0.25, 0.3) is 5.56 Å². The van der Waals surface area contributed by atoms with Crippen molar-refractivity contribution in [2.75, 3.05) is 18.4 Å². The van der Waals surface area contributed by atoms with E-state index in [0.717, 1.165) is 24.0 Å². The standard InChI is InChI=1S/C39H38N6O5/c46-33(31-13-7-19-43(31)35(47)23-27-9-3-1-4-10-27)25-42-21-22-45-34(26-42)41-37(39(45)50)29-15-17-30(18-16-29)40-38(49)32-14-8-20-44(32)36(48)24-28-11-5-2-6-12-28/h1-6,9-12,15-18,21-22,26,31-32H,7-8,13-14,19-20,23-25H2,(H,40,49)/t31-,32-/m0/s1. The van der Waals surface area contributed by atoms with Gasteiger partial charge in [-0.1, -0.05) is 72.8 Å². The average molecular weight is 671 g/mol. The maximum absolute atomic E-state index is 13.4. The number of ketones is 1.